The van der Waals surface area contributed by atoms with E-state index < -0.39 is 0 Å². The van der Waals surface area contributed by atoms with Crippen molar-refractivity contribution in [3.8, 4) is 0 Å². The van der Waals surface area contributed by atoms with Gasteiger partial charge in [0.2, 0.25) is 0 Å². The molecule has 0 amide bonds. The van der Waals surface area contributed by atoms with Gasteiger partial charge in [0.05, 0.1) is 6.21 Å². The van der Waals surface area contributed by atoms with Crippen molar-refractivity contribution >= 4 is 56.5 Å². The molecule has 0 saturated carbocycles. The highest BCUT2D eigenvalue weighted by Gasteiger charge is 2.02. The van der Waals surface area contributed by atoms with Gasteiger partial charge in [-0.2, -0.15) is 5.10 Å². The van der Waals surface area contributed by atoms with Crippen molar-refractivity contribution < 1.29 is 0 Å². The van der Waals surface area contributed by atoms with Crippen LogP contribution < -0.4 is 5.32 Å². The molecule has 0 bridgehead atoms. The third-order valence-electron chi connectivity index (χ3n) is 2.27. The van der Waals surface area contributed by atoms with Crippen LogP contribution in [0, 0.1) is 0 Å². The molecule has 0 atom stereocenters. The van der Waals surface area contributed by atoms with Crippen molar-refractivity contribution in [1.29, 1.82) is 0 Å². The van der Waals surface area contributed by atoms with E-state index in [0.29, 0.717) is 5.11 Å². The molecule has 1 heterocycles. The summed E-state index contributed by atoms with van der Waals surface area (Å²) in [4.78, 5) is 1.09. The Morgan fingerprint density at radius 1 is 1.42 bits per heavy atom. The Kier molecular flexibility index (Phi) is 5.07. The van der Waals surface area contributed by atoms with Crippen LogP contribution in [0.1, 0.15) is 4.88 Å². The molecular formula is C13H12BrN3S2. The van der Waals surface area contributed by atoms with Crippen LogP contribution in [0.25, 0.3) is 0 Å². The first-order valence-electron chi connectivity index (χ1n) is 5.53. The highest BCUT2D eigenvalue weighted by atomic mass is 79.9. The molecule has 0 aliphatic heterocycles. The summed E-state index contributed by atoms with van der Waals surface area (Å²) in [7, 11) is 1.82. The number of hydrogen-bond donors (Lipinski definition) is 1. The summed E-state index contributed by atoms with van der Waals surface area (Å²) in [6, 6.07) is 11.8. The summed E-state index contributed by atoms with van der Waals surface area (Å²) < 4.78 is 1.00. The Bertz CT molecular complexity index is 581. The smallest absolute Gasteiger partial charge is 0.193 e. The minimum Gasteiger partial charge on any atom is -0.331 e. The van der Waals surface area contributed by atoms with Crippen molar-refractivity contribution in [2.45, 2.75) is 0 Å². The molecule has 0 saturated heterocycles. The molecule has 0 aliphatic rings. The molecule has 0 fully saturated rings. The van der Waals surface area contributed by atoms with E-state index in [1.807, 2.05) is 48.8 Å². The third kappa shape index (κ3) is 4.41. The van der Waals surface area contributed by atoms with Crippen molar-refractivity contribution in [2.75, 3.05) is 12.4 Å². The van der Waals surface area contributed by atoms with E-state index in [9.17, 15) is 0 Å². The largest absolute Gasteiger partial charge is 0.331 e. The summed E-state index contributed by atoms with van der Waals surface area (Å²) in [6.07, 6.45) is 1.79. The Balaban J connectivity index is 1.96. The van der Waals surface area contributed by atoms with E-state index in [0.717, 1.165) is 15.0 Å². The number of benzene rings is 1. The number of rotatable bonds is 3. The number of thiophene rings is 1. The Morgan fingerprint density at radius 3 is 2.95 bits per heavy atom. The number of anilines is 1. The van der Waals surface area contributed by atoms with Crippen LogP contribution in [0.4, 0.5) is 5.69 Å². The van der Waals surface area contributed by atoms with Crippen LogP contribution in [-0.4, -0.2) is 23.4 Å². The molecule has 0 spiro atoms. The second kappa shape index (κ2) is 6.79. The maximum atomic E-state index is 5.29. The SMILES string of the molecule is CN(/N=C/c1cccs1)C(=S)Nc1cccc(Br)c1. The highest BCUT2D eigenvalue weighted by Crippen LogP contribution is 2.16. The molecule has 0 aliphatic carbocycles. The molecule has 1 N–H and O–H groups in total. The first-order chi connectivity index (χ1) is 9.15. The van der Waals surface area contributed by atoms with Gasteiger partial charge in [-0.1, -0.05) is 28.1 Å². The summed E-state index contributed by atoms with van der Waals surface area (Å²) >= 11 is 10.3. The Labute approximate surface area is 130 Å². The molecule has 2 rings (SSSR count). The van der Waals surface area contributed by atoms with Crippen molar-refractivity contribution in [3.63, 3.8) is 0 Å². The van der Waals surface area contributed by atoms with Crippen LogP contribution in [0.5, 0.6) is 0 Å². The molecule has 98 valence electrons. The second-order valence-corrected chi connectivity index (χ2v) is 6.01. The van der Waals surface area contributed by atoms with Crippen molar-refractivity contribution in [1.82, 2.24) is 5.01 Å². The fourth-order valence-corrected chi connectivity index (χ4v) is 2.47. The second-order valence-electron chi connectivity index (χ2n) is 3.72. The van der Waals surface area contributed by atoms with Crippen LogP contribution in [0.15, 0.2) is 51.4 Å². The molecule has 3 nitrogen and oxygen atoms in total. The maximum Gasteiger partial charge on any atom is 0.193 e. The van der Waals surface area contributed by atoms with E-state index in [-0.39, 0.29) is 0 Å². The van der Waals surface area contributed by atoms with Gasteiger partial charge in [0, 0.05) is 22.1 Å². The first kappa shape index (κ1) is 14.2. The zero-order valence-electron chi connectivity index (χ0n) is 10.2. The molecule has 0 unspecified atom stereocenters. The van der Waals surface area contributed by atoms with Gasteiger partial charge in [-0.3, -0.25) is 0 Å². The lowest BCUT2D eigenvalue weighted by atomic mass is 10.3. The zero-order chi connectivity index (χ0) is 13.7. The Hall–Kier alpha value is -1.24. The van der Waals surface area contributed by atoms with Crippen LogP contribution in [-0.2, 0) is 0 Å². The molecular weight excluding hydrogens is 342 g/mol. The lowest BCUT2D eigenvalue weighted by molar-refractivity contribution is 0.557. The number of nitrogens with zero attached hydrogens (tertiary/aromatic N) is 2. The van der Waals surface area contributed by atoms with E-state index in [2.05, 4.69) is 26.3 Å². The fraction of sp³-hybridized carbons (Fsp3) is 0.0769. The topological polar surface area (TPSA) is 27.6 Å². The molecule has 0 radical (unpaired) electrons. The molecule has 2 aromatic rings. The van der Waals surface area contributed by atoms with Crippen molar-refractivity contribution in [2.24, 2.45) is 5.10 Å². The van der Waals surface area contributed by atoms with Gasteiger partial charge < -0.3 is 5.32 Å². The minimum absolute atomic E-state index is 0.547. The average Bonchev–Trinajstić information content (AvgIpc) is 2.89. The van der Waals surface area contributed by atoms with Crippen LogP contribution >= 0.6 is 39.5 Å². The number of nitrogens with one attached hydrogen (secondary N) is 1. The van der Waals surface area contributed by atoms with Crippen LogP contribution in [0.2, 0.25) is 0 Å². The molecule has 19 heavy (non-hydrogen) atoms. The fourth-order valence-electron chi connectivity index (χ4n) is 1.33. The monoisotopic (exact) mass is 353 g/mol. The number of thiocarbonyl (C=S) groups is 1. The normalized spacial score (nSPS) is 10.6. The number of hydrazone groups is 1. The van der Waals surface area contributed by atoms with Crippen LogP contribution in [0.3, 0.4) is 0 Å². The lowest BCUT2D eigenvalue weighted by Gasteiger charge is -2.15. The van der Waals surface area contributed by atoms with E-state index >= 15 is 0 Å². The number of hydrogen-bond acceptors (Lipinski definition) is 3. The molecule has 6 heteroatoms. The Morgan fingerprint density at radius 2 is 2.26 bits per heavy atom. The summed E-state index contributed by atoms with van der Waals surface area (Å²) in [6.45, 7) is 0. The maximum absolute atomic E-state index is 5.29. The minimum atomic E-state index is 0.547. The van der Waals surface area contributed by atoms with Gasteiger partial charge in [0.15, 0.2) is 5.11 Å². The van der Waals surface area contributed by atoms with Crippen molar-refractivity contribution in [3.05, 3.63) is 51.1 Å². The van der Waals surface area contributed by atoms with Gasteiger partial charge in [-0.05, 0) is 41.9 Å². The summed E-state index contributed by atoms with van der Waals surface area (Å²) in [5.41, 5.74) is 0.928. The van der Waals surface area contributed by atoms with Gasteiger partial charge in [-0.15, -0.1) is 11.3 Å². The quantitative estimate of drug-likeness (QED) is 0.509. The first-order valence-corrected chi connectivity index (χ1v) is 7.61. The third-order valence-corrected chi connectivity index (χ3v) is 3.94. The molecule has 1 aromatic heterocycles. The standard InChI is InChI=1S/C13H12BrN3S2/c1-17(15-9-12-6-3-7-19-12)13(18)16-11-5-2-4-10(14)8-11/h2-9H,1H3,(H,16,18)/b15-9+. The van der Waals surface area contributed by atoms with E-state index in [4.69, 9.17) is 12.2 Å². The highest BCUT2D eigenvalue weighted by molar-refractivity contribution is 9.10. The summed E-state index contributed by atoms with van der Waals surface area (Å²) in [5, 5.41) is 11.6. The lowest BCUT2D eigenvalue weighted by Crippen LogP contribution is -2.26. The predicted octanol–water partition coefficient (Wildman–Crippen LogP) is 4.17. The average molecular weight is 354 g/mol. The predicted molar refractivity (Wildman–Crippen MR) is 90.0 cm³/mol. The van der Waals surface area contributed by atoms with Gasteiger partial charge in [-0.25, -0.2) is 5.01 Å². The van der Waals surface area contributed by atoms with E-state index in [1.54, 1.807) is 22.6 Å². The van der Waals surface area contributed by atoms with Gasteiger partial charge >= 0.3 is 0 Å². The zero-order valence-corrected chi connectivity index (χ0v) is 13.4. The molecule has 1 aromatic carbocycles. The van der Waals surface area contributed by atoms with Gasteiger partial charge in [0.25, 0.3) is 0 Å². The number of halogens is 1. The summed E-state index contributed by atoms with van der Waals surface area (Å²) in [5.74, 6) is 0. The van der Waals surface area contributed by atoms with E-state index in [1.165, 1.54) is 0 Å². The van der Waals surface area contributed by atoms with Gasteiger partial charge in [0.1, 0.15) is 0 Å².